The van der Waals surface area contributed by atoms with E-state index in [9.17, 15) is 13.2 Å². The Morgan fingerprint density at radius 3 is 2.67 bits per heavy atom. The van der Waals surface area contributed by atoms with Gasteiger partial charge in [0.1, 0.15) is 12.2 Å². The molecule has 7 heteroatoms. The van der Waals surface area contributed by atoms with Crippen LogP contribution >= 0.6 is 0 Å². The van der Waals surface area contributed by atoms with Crippen LogP contribution in [0.1, 0.15) is 30.3 Å². The maximum absolute atomic E-state index is 12.9. The third-order valence-corrected chi connectivity index (χ3v) is 3.05. The van der Waals surface area contributed by atoms with Crippen molar-refractivity contribution in [1.82, 2.24) is 20.1 Å². The second-order valence-corrected chi connectivity index (χ2v) is 4.66. The van der Waals surface area contributed by atoms with Crippen molar-refractivity contribution in [3.8, 4) is 0 Å². The molecule has 0 radical (unpaired) electrons. The summed E-state index contributed by atoms with van der Waals surface area (Å²) in [7, 11) is 0. The number of halogens is 3. The molecule has 0 saturated heterocycles. The van der Waals surface area contributed by atoms with Gasteiger partial charge in [0.05, 0.1) is 12.1 Å². The van der Waals surface area contributed by atoms with Gasteiger partial charge >= 0.3 is 6.18 Å². The van der Waals surface area contributed by atoms with E-state index in [1.165, 1.54) is 18.5 Å². The Bertz CT molecular complexity index is 578. The van der Waals surface area contributed by atoms with Crippen molar-refractivity contribution in [3.05, 3.63) is 47.5 Å². The number of benzene rings is 1. The van der Waals surface area contributed by atoms with Crippen molar-refractivity contribution in [2.45, 2.75) is 39.2 Å². The molecule has 1 heterocycles. The Morgan fingerprint density at radius 1 is 1.19 bits per heavy atom. The molecule has 4 nitrogen and oxygen atoms in total. The molecule has 0 aliphatic heterocycles. The van der Waals surface area contributed by atoms with Crippen molar-refractivity contribution in [2.75, 3.05) is 0 Å². The number of nitrogens with one attached hydrogen (secondary N) is 1. The van der Waals surface area contributed by atoms with Gasteiger partial charge in [-0.15, -0.1) is 0 Å². The molecule has 1 aromatic heterocycles. The third-order valence-electron chi connectivity index (χ3n) is 3.05. The number of hydrogen-bond acceptors (Lipinski definition) is 3. The summed E-state index contributed by atoms with van der Waals surface area (Å²) in [5.74, 6) is 0.723. The van der Waals surface area contributed by atoms with Crippen molar-refractivity contribution in [2.24, 2.45) is 0 Å². The van der Waals surface area contributed by atoms with Crippen LogP contribution in [0.2, 0.25) is 0 Å². The summed E-state index contributed by atoms with van der Waals surface area (Å²) in [4.78, 5) is 4.10. The molecule has 0 aliphatic carbocycles. The molecule has 1 aromatic carbocycles. The standard InChI is InChI=1S/C14H17F3N4/c1-2-7-21-13(19-10-20-21)9-18-8-11-5-3-4-6-12(11)14(15,16)17/h3-6,10,18H,2,7-9H2,1H3. The highest BCUT2D eigenvalue weighted by Crippen LogP contribution is 2.31. The number of aromatic nitrogens is 3. The predicted octanol–water partition coefficient (Wildman–Crippen LogP) is 3.00. The Kier molecular flexibility index (Phi) is 4.95. The van der Waals surface area contributed by atoms with Gasteiger partial charge in [-0.3, -0.25) is 0 Å². The van der Waals surface area contributed by atoms with Crippen LogP contribution in [0.4, 0.5) is 13.2 Å². The highest BCUT2D eigenvalue weighted by molar-refractivity contribution is 5.29. The van der Waals surface area contributed by atoms with Crippen molar-refractivity contribution in [1.29, 1.82) is 0 Å². The van der Waals surface area contributed by atoms with Gasteiger partial charge in [-0.2, -0.15) is 18.3 Å². The molecule has 1 N–H and O–H groups in total. The molecule has 0 atom stereocenters. The van der Waals surface area contributed by atoms with E-state index in [0.29, 0.717) is 6.54 Å². The van der Waals surface area contributed by atoms with E-state index in [-0.39, 0.29) is 12.1 Å². The second-order valence-electron chi connectivity index (χ2n) is 4.66. The minimum atomic E-state index is -4.33. The van der Waals surface area contributed by atoms with E-state index < -0.39 is 11.7 Å². The predicted molar refractivity (Wildman–Crippen MR) is 72.3 cm³/mol. The summed E-state index contributed by atoms with van der Waals surface area (Å²) in [5, 5.41) is 7.07. The number of rotatable bonds is 6. The number of alkyl halides is 3. The number of aryl methyl sites for hydroxylation is 1. The lowest BCUT2D eigenvalue weighted by Gasteiger charge is -2.13. The van der Waals surface area contributed by atoms with Crippen LogP contribution in [-0.4, -0.2) is 14.8 Å². The maximum atomic E-state index is 12.9. The van der Waals surface area contributed by atoms with E-state index in [0.717, 1.165) is 24.9 Å². The van der Waals surface area contributed by atoms with Gasteiger partial charge in [0.15, 0.2) is 0 Å². The smallest absolute Gasteiger partial charge is 0.306 e. The van der Waals surface area contributed by atoms with Crippen LogP contribution in [0.3, 0.4) is 0 Å². The molecule has 21 heavy (non-hydrogen) atoms. The van der Waals surface area contributed by atoms with Crippen molar-refractivity contribution >= 4 is 0 Å². The molecule has 0 unspecified atom stereocenters. The fraction of sp³-hybridized carbons (Fsp3) is 0.429. The number of hydrogen-bond donors (Lipinski definition) is 1. The van der Waals surface area contributed by atoms with Gasteiger partial charge in [0, 0.05) is 13.1 Å². The van der Waals surface area contributed by atoms with E-state index in [2.05, 4.69) is 15.4 Å². The summed E-state index contributed by atoms with van der Waals surface area (Å²) in [6, 6.07) is 5.57. The van der Waals surface area contributed by atoms with Crippen LogP contribution in [0.5, 0.6) is 0 Å². The Balaban J connectivity index is 1.99. The minimum absolute atomic E-state index is 0.134. The molecule has 0 spiro atoms. The average Bonchev–Trinajstić information content (AvgIpc) is 2.86. The molecule has 0 amide bonds. The topological polar surface area (TPSA) is 42.7 Å². The Morgan fingerprint density at radius 2 is 1.95 bits per heavy atom. The summed E-state index contributed by atoms with van der Waals surface area (Å²) in [6.07, 6.45) is -1.95. The van der Waals surface area contributed by atoms with Crippen LogP contribution in [0, 0.1) is 0 Å². The Hall–Kier alpha value is -1.89. The summed E-state index contributed by atoms with van der Waals surface area (Å²) in [5.41, 5.74) is -0.376. The normalized spacial score (nSPS) is 11.8. The second kappa shape index (κ2) is 6.71. The van der Waals surface area contributed by atoms with Crippen molar-refractivity contribution in [3.63, 3.8) is 0 Å². The van der Waals surface area contributed by atoms with Gasteiger partial charge in [-0.25, -0.2) is 9.67 Å². The quantitative estimate of drug-likeness (QED) is 0.891. The van der Waals surface area contributed by atoms with Gasteiger partial charge < -0.3 is 5.32 Å². The number of nitrogens with zero attached hydrogens (tertiary/aromatic N) is 3. The van der Waals surface area contributed by atoms with E-state index in [1.54, 1.807) is 10.7 Å². The van der Waals surface area contributed by atoms with Crippen LogP contribution < -0.4 is 5.32 Å². The highest BCUT2D eigenvalue weighted by Gasteiger charge is 2.32. The lowest BCUT2D eigenvalue weighted by molar-refractivity contribution is -0.138. The van der Waals surface area contributed by atoms with E-state index >= 15 is 0 Å². The average molecular weight is 298 g/mol. The van der Waals surface area contributed by atoms with E-state index in [4.69, 9.17) is 0 Å². The van der Waals surface area contributed by atoms with Gasteiger partial charge in [-0.05, 0) is 18.1 Å². The summed E-state index contributed by atoms with van der Waals surface area (Å²) in [6.45, 7) is 3.29. The first-order chi connectivity index (χ1) is 10.0. The lowest BCUT2D eigenvalue weighted by Crippen LogP contribution is -2.19. The SMILES string of the molecule is CCCn1ncnc1CNCc1ccccc1C(F)(F)F. The highest BCUT2D eigenvalue weighted by atomic mass is 19.4. The first-order valence-electron chi connectivity index (χ1n) is 6.75. The molecular weight excluding hydrogens is 281 g/mol. The molecule has 0 saturated carbocycles. The zero-order chi connectivity index (χ0) is 15.3. The molecule has 0 bridgehead atoms. The first kappa shape index (κ1) is 15.5. The summed E-state index contributed by atoms with van der Waals surface area (Å²) >= 11 is 0. The maximum Gasteiger partial charge on any atom is 0.416 e. The Labute approximate surface area is 121 Å². The van der Waals surface area contributed by atoms with Gasteiger partial charge in [0.25, 0.3) is 0 Å². The fourth-order valence-corrected chi connectivity index (χ4v) is 2.08. The van der Waals surface area contributed by atoms with Crippen molar-refractivity contribution < 1.29 is 13.2 Å². The molecule has 2 aromatic rings. The van der Waals surface area contributed by atoms with Gasteiger partial charge in [0.2, 0.25) is 0 Å². The lowest BCUT2D eigenvalue weighted by atomic mass is 10.1. The molecule has 0 aliphatic rings. The minimum Gasteiger partial charge on any atom is -0.306 e. The monoisotopic (exact) mass is 298 g/mol. The zero-order valence-electron chi connectivity index (χ0n) is 11.7. The van der Waals surface area contributed by atoms with Crippen LogP contribution in [0.15, 0.2) is 30.6 Å². The fourth-order valence-electron chi connectivity index (χ4n) is 2.08. The van der Waals surface area contributed by atoms with Crippen LogP contribution in [0.25, 0.3) is 0 Å². The molecule has 2 rings (SSSR count). The van der Waals surface area contributed by atoms with E-state index in [1.807, 2.05) is 6.92 Å². The third kappa shape index (κ3) is 4.04. The van der Waals surface area contributed by atoms with Crippen LogP contribution in [-0.2, 0) is 25.8 Å². The first-order valence-corrected chi connectivity index (χ1v) is 6.75. The molecule has 0 fully saturated rings. The summed E-state index contributed by atoms with van der Waals surface area (Å²) < 4.78 is 40.3. The zero-order valence-corrected chi connectivity index (χ0v) is 11.7. The van der Waals surface area contributed by atoms with Gasteiger partial charge in [-0.1, -0.05) is 25.1 Å². The molecular formula is C14H17F3N4. The largest absolute Gasteiger partial charge is 0.416 e. The molecule has 114 valence electrons.